The van der Waals surface area contributed by atoms with Crippen molar-refractivity contribution in [3.63, 3.8) is 0 Å². The maximum absolute atomic E-state index is 11.4. The van der Waals surface area contributed by atoms with Crippen molar-refractivity contribution in [1.29, 1.82) is 0 Å². The summed E-state index contributed by atoms with van der Waals surface area (Å²) in [6.45, 7) is 4.41. The number of ether oxygens (including phenoxy) is 1. The molecule has 1 unspecified atom stereocenters. The fraction of sp³-hybridized carbons (Fsp3) is 0.900. The number of hydrogen-bond donors (Lipinski definition) is 3. The molecule has 1 saturated heterocycles. The summed E-state index contributed by atoms with van der Waals surface area (Å²) in [5.41, 5.74) is 0. The van der Waals surface area contributed by atoms with Crippen molar-refractivity contribution in [3.05, 3.63) is 0 Å². The van der Waals surface area contributed by atoms with E-state index >= 15 is 0 Å². The van der Waals surface area contributed by atoms with Crippen molar-refractivity contribution in [2.75, 3.05) is 26.7 Å². The maximum atomic E-state index is 11.4. The fourth-order valence-electron chi connectivity index (χ4n) is 1.64. The number of unbranched alkanes of at least 4 members (excludes halogenated alkanes) is 1. The highest BCUT2D eigenvalue weighted by Gasteiger charge is 2.27. The van der Waals surface area contributed by atoms with E-state index < -0.39 is 0 Å². The third-order valence-corrected chi connectivity index (χ3v) is 2.59. The first kappa shape index (κ1) is 12.3. The van der Waals surface area contributed by atoms with Gasteiger partial charge in [-0.1, -0.05) is 13.3 Å². The SMILES string of the molecule is CCCCNC(=O)NC1CNC[C@@H]1OC. The van der Waals surface area contributed by atoms with Gasteiger partial charge in [0.2, 0.25) is 0 Å². The van der Waals surface area contributed by atoms with Gasteiger partial charge in [-0.2, -0.15) is 0 Å². The Balaban J connectivity index is 2.19. The van der Waals surface area contributed by atoms with Crippen LogP contribution in [-0.2, 0) is 4.74 Å². The quantitative estimate of drug-likeness (QED) is 0.569. The molecule has 1 fully saturated rings. The Morgan fingerprint density at radius 3 is 3.00 bits per heavy atom. The molecule has 5 nitrogen and oxygen atoms in total. The first-order chi connectivity index (χ1) is 7.27. The van der Waals surface area contributed by atoms with Crippen LogP contribution in [-0.4, -0.2) is 44.9 Å². The number of carbonyl (C=O) groups is 1. The Morgan fingerprint density at radius 1 is 1.53 bits per heavy atom. The van der Waals surface area contributed by atoms with E-state index in [1.54, 1.807) is 7.11 Å². The number of amides is 2. The van der Waals surface area contributed by atoms with Crippen LogP contribution in [0.15, 0.2) is 0 Å². The molecule has 0 aromatic rings. The molecule has 3 N–H and O–H groups in total. The van der Waals surface area contributed by atoms with Gasteiger partial charge in [0.15, 0.2) is 0 Å². The van der Waals surface area contributed by atoms with Crippen LogP contribution < -0.4 is 16.0 Å². The van der Waals surface area contributed by atoms with E-state index in [4.69, 9.17) is 4.74 Å². The molecule has 5 heteroatoms. The molecule has 1 heterocycles. The Kier molecular flexibility index (Phi) is 5.42. The Labute approximate surface area is 90.9 Å². The molecule has 2 amide bonds. The van der Waals surface area contributed by atoms with Gasteiger partial charge in [-0.3, -0.25) is 0 Å². The summed E-state index contributed by atoms with van der Waals surface area (Å²) >= 11 is 0. The third kappa shape index (κ3) is 4.05. The second kappa shape index (κ2) is 6.63. The molecule has 0 aliphatic carbocycles. The van der Waals surface area contributed by atoms with E-state index in [9.17, 15) is 4.79 Å². The summed E-state index contributed by atoms with van der Waals surface area (Å²) < 4.78 is 5.25. The van der Waals surface area contributed by atoms with Crippen molar-refractivity contribution < 1.29 is 9.53 Å². The number of carbonyl (C=O) groups excluding carboxylic acids is 1. The second-order valence-corrected chi connectivity index (χ2v) is 3.79. The molecule has 15 heavy (non-hydrogen) atoms. The van der Waals surface area contributed by atoms with Crippen LogP contribution in [0.4, 0.5) is 4.79 Å². The summed E-state index contributed by atoms with van der Waals surface area (Å²) in [5, 5.41) is 8.90. The van der Waals surface area contributed by atoms with E-state index in [2.05, 4.69) is 22.9 Å². The minimum absolute atomic E-state index is 0.0802. The molecule has 2 atom stereocenters. The maximum Gasteiger partial charge on any atom is 0.315 e. The lowest BCUT2D eigenvalue weighted by molar-refractivity contribution is 0.0984. The van der Waals surface area contributed by atoms with E-state index in [0.717, 1.165) is 32.5 Å². The lowest BCUT2D eigenvalue weighted by Gasteiger charge is -2.18. The zero-order chi connectivity index (χ0) is 11.1. The largest absolute Gasteiger partial charge is 0.378 e. The molecule has 0 aromatic carbocycles. The standard InChI is InChI=1S/C10H21N3O2/c1-3-4-5-12-10(14)13-8-6-11-7-9(8)15-2/h8-9,11H,3-7H2,1-2H3,(H2,12,13,14)/t8?,9-/m0/s1. The molecule has 0 aromatic heterocycles. The fourth-order valence-corrected chi connectivity index (χ4v) is 1.64. The predicted molar refractivity (Wildman–Crippen MR) is 58.9 cm³/mol. The summed E-state index contributed by atoms with van der Waals surface area (Å²) in [5.74, 6) is 0. The second-order valence-electron chi connectivity index (χ2n) is 3.79. The highest BCUT2D eigenvalue weighted by molar-refractivity contribution is 5.74. The average molecular weight is 215 g/mol. The van der Waals surface area contributed by atoms with Crippen LogP contribution in [0.2, 0.25) is 0 Å². The van der Waals surface area contributed by atoms with E-state index in [1.807, 2.05) is 0 Å². The zero-order valence-electron chi connectivity index (χ0n) is 9.51. The van der Waals surface area contributed by atoms with Gasteiger partial charge in [0.1, 0.15) is 0 Å². The van der Waals surface area contributed by atoms with Gasteiger partial charge in [0, 0.05) is 26.7 Å². The highest BCUT2D eigenvalue weighted by atomic mass is 16.5. The van der Waals surface area contributed by atoms with Crippen molar-refractivity contribution in [2.45, 2.75) is 31.9 Å². The first-order valence-electron chi connectivity index (χ1n) is 5.55. The molecule has 1 aliphatic heterocycles. The van der Waals surface area contributed by atoms with Crippen LogP contribution in [0.25, 0.3) is 0 Å². The topological polar surface area (TPSA) is 62.4 Å². The molecule has 0 spiro atoms. The van der Waals surface area contributed by atoms with Crippen molar-refractivity contribution >= 4 is 6.03 Å². The van der Waals surface area contributed by atoms with Gasteiger partial charge in [-0.15, -0.1) is 0 Å². The smallest absolute Gasteiger partial charge is 0.315 e. The molecule has 88 valence electrons. The van der Waals surface area contributed by atoms with Crippen LogP contribution in [0.5, 0.6) is 0 Å². The van der Waals surface area contributed by atoms with Gasteiger partial charge < -0.3 is 20.7 Å². The van der Waals surface area contributed by atoms with Crippen LogP contribution >= 0.6 is 0 Å². The molecular formula is C10H21N3O2. The molecular weight excluding hydrogens is 194 g/mol. The van der Waals surface area contributed by atoms with Gasteiger partial charge in [0.05, 0.1) is 12.1 Å². The minimum Gasteiger partial charge on any atom is -0.378 e. The van der Waals surface area contributed by atoms with E-state index in [-0.39, 0.29) is 18.2 Å². The van der Waals surface area contributed by atoms with Crippen molar-refractivity contribution in [3.8, 4) is 0 Å². The lowest BCUT2D eigenvalue weighted by atomic mass is 10.2. The summed E-state index contributed by atoms with van der Waals surface area (Å²) in [4.78, 5) is 11.4. The Morgan fingerprint density at radius 2 is 2.33 bits per heavy atom. The molecule has 1 rings (SSSR count). The van der Waals surface area contributed by atoms with Gasteiger partial charge >= 0.3 is 6.03 Å². The average Bonchev–Trinajstić information content (AvgIpc) is 2.65. The first-order valence-corrected chi connectivity index (χ1v) is 5.55. The van der Waals surface area contributed by atoms with Crippen molar-refractivity contribution in [2.24, 2.45) is 0 Å². The summed E-state index contributed by atoms with van der Waals surface area (Å²) in [7, 11) is 1.67. The van der Waals surface area contributed by atoms with Gasteiger partial charge in [0.25, 0.3) is 0 Å². The monoisotopic (exact) mass is 215 g/mol. The van der Waals surface area contributed by atoms with Crippen LogP contribution in [0.3, 0.4) is 0 Å². The normalized spacial score (nSPS) is 25.2. The molecule has 0 bridgehead atoms. The van der Waals surface area contributed by atoms with Crippen LogP contribution in [0.1, 0.15) is 19.8 Å². The molecule has 0 radical (unpaired) electrons. The summed E-state index contributed by atoms with van der Waals surface area (Å²) in [6, 6.07) is -0.0178. The van der Waals surface area contributed by atoms with Crippen LogP contribution in [0, 0.1) is 0 Å². The Bertz CT molecular complexity index is 199. The Hall–Kier alpha value is -0.810. The predicted octanol–water partition coefficient (Wildman–Crippen LogP) is 0.0725. The number of hydrogen-bond acceptors (Lipinski definition) is 3. The van der Waals surface area contributed by atoms with E-state index in [0.29, 0.717) is 0 Å². The third-order valence-electron chi connectivity index (χ3n) is 2.59. The summed E-state index contributed by atoms with van der Waals surface area (Å²) in [6.07, 6.45) is 2.19. The minimum atomic E-state index is -0.0980. The number of urea groups is 1. The van der Waals surface area contributed by atoms with Crippen molar-refractivity contribution in [1.82, 2.24) is 16.0 Å². The van der Waals surface area contributed by atoms with Gasteiger partial charge in [-0.05, 0) is 6.42 Å². The number of nitrogens with one attached hydrogen (secondary N) is 3. The highest BCUT2D eigenvalue weighted by Crippen LogP contribution is 2.02. The number of rotatable bonds is 5. The number of methoxy groups -OCH3 is 1. The molecule has 0 saturated carbocycles. The van der Waals surface area contributed by atoms with E-state index in [1.165, 1.54) is 0 Å². The lowest BCUT2D eigenvalue weighted by Crippen LogP contribution is -2.48. The molecule has 1 aliphatic rings. The van der Waals surface area contributed by atoms with Gasteiger partial charge in [-0.25, -0.2) is 4.79 Å². The zero-order valence-corrected chi connectivity index (χ0v) is 9.51.